The summed E-state index contributed by atoms with van der Waals surface area (Å²) in [6.07, 6.45) is -0.535. The molecule has 7 aromatic rings. The Labute approximate surface area is 391 Å². The standard InChI is InChI=1S/C49H50F4N4O9S2/c1-7-54-38-25-33(49(51,52)53)15-19-36(38)57(47(54)58)41(28-68(6,61)62)31-14-21-43(64-4)45(24-31)66-26-32-10-9-11-35(46(32)50)29-12-18-37-39(22-29)55(34-16-17-34)48(59)56(37)40(27-67(5)60)30-13-20-42(63-3)44(23-30)65-8-2/h9-15,18-25,34,40-41H,7-8,16-17,26-28H2,1-6H3. The molecule has 2 heterocycles. The average Bonchev–Trinajstić information content (AvgIpc) is 4.03. The number of methoxy groups -OCH3 is 2. The molecule has 68 heavy (non-hydrogen) atoms. The fourth-order valence-electron chi connectivity index (χ4n) is 8.86. The molecule has 0 amide bonds. The number of imidazole rings is 2. The zero-order chi connectivity index (χ0) is 48.8. The van der Waals surface area contributed by atoms with E-state index in [2.05, 4.69) is 0 Å². The van der Waals surface area contributed by atoms with Gasteiger partial charge >= 0.3 is 17.6 Å². The van der Waals surface area contributed by atoms with Crippen molar-refractivity contribution in [3.8, 4) is 34.1 Å². The van der Waals surface area contributed by atoms with Crippen molar-refractivity contribution in [2.24, 2.45) is 0 Å². The van der Waals surface area contributed by atoms with Gasteiger partial charge in [-0.05, 0) is 98.0 Å². The van der Waals surface area contributed by atoms with Crippen LogP contribution in [0.5, 0.6) is 23.0 Å². The highest BCUT2D eigenvalue weighted by Gasteiger charge is 2.34. The zero-order valence-corrected chi connectivity index (χ0v) is 39.8. The van der Waals surface area contributed by atoms with Crippen LogP contribution in [0.1, 0.15) is 67.1 Å². The number of aryl methyl sites for hydroxylation is 1. The predicted octanol–water partition coefficient (Wildman–Crippen LogP) is 8.70. The molecule has 0 radical (unpaired) electrons. The van der Waals surface area contributed by atoms with E-state index in [4.69, 9.17) is 18.9 Å². The molecule has 1 aliphatic rings. The van der Waals surface area contributed by atoms with Gasteiger partial charge in [0.1, 0.15) is 22.3 Å². The van der Waals surface area contributed by atoms with Gasteiger partial charge in [0, 0.05) is 52.8 Å². The minimum Gasteiger partial charge on any atom is -0.493 e. The van der Waals surface area contributed by atoms with Crippen LogP contribution in [0.2, 0.25) is 0 Å². The second-order valence-electron chi connectivity index (χ2n) is 16.7. The van der Waals surface area contributed by atoms with E-state index in [-0.39, 0.29) is 69.9 Å². The molecule has 5 aromatic carbocycles. The summed E-state index contributed by atoms with van der Waals surface area (Å²) in [5, 5.41) is 0. The van der Waals surface area contributed by atoms with Crippen molar-refractivity contribution in [2.75, 3.05) is 44.8 Å². The molecule has 3 unspecified atom stereocenters. The fraction of sp³-hybridized carbons (Fsp3) is 0.347. The van der Waals surface area contributed by atoms with Crippen LogP contribution in [-0.4, -0.2) is 75.7 Å². The highest BCUT2D eigenvalue weighted by molar-refractivity contribution is 7.90. The van der Waals surface area contributed by atoms with Gasteiger partial charge in [-0.15, -0.1) is 0 Å². The molecule has 1 saturated carbocycles. The molecule has 0 spiro atoms. The molecular weight excluding hydrogens is 929 g/mol. The van der Waals surface area contributed by atoms with Gasteiger partial charge in [0.15, 0.2) is 23.0 Å². The Bertz CT molecular complexity index is 3320. The number of aromatic nitrogens is 4. The Hall–Kier alpha value is -6.34. The van der Waals surface area contributed by atoms with Gasteiger partial charge in [0.25, 0.3) is 0 Å². The normalized spacial score (nSPS) is 14.6. The van der Waals surface area contributed by atoms with Crippen LogP contribution in [0.25, 0.3) is 33.2 Å². The number of rotatable bonds is 18. The monoisotopic (exact) mass is 978 g/mol. The van der Waals surface area contributed by atoms with Crippen molar-refractivity contribution >= 4 is 42.7 Å². The summed E-state index contributed by atoms with van der Waals surface area (Å²) in [6.45, 7) is 3.53. The summed E-state index contributed by atoms with van der Waals surface area (Å²) in [6, 6.07) is 21.0. The zero-order valence-electron chi connectivity index (χ0n) is 38.1. The minimum atomic E-state index is -4.68. The summed E-state index contributed by atoms with van der Waals surface area (Å²) in [5.74, 6) is 0.258. The first-order valence-corrected chi connectivity index (χ1v) is 25.6. The number of halogens is 4. The number of sulfone groups is 1. The molecule has 19 heteroatoms. The van der Waals surface area contributed by atoms with Crippen molar-refractivity contribution < 1.29 is 49.1 Å². The van der Waals surface area contributed by atoms with E-state index in [0.717, 1.165) is 41.9 Å². The molecule has 0 saturated heterocycles. The fourth-order valence-corrected chi connectivity index (χ4v) is 10.6. The number of hydrogen-bond donors (Lipinski definition) is 0. The summed E-state index contributed by atoms with van der Waals surface area (Å²) in [5.41, 5.74) is 1.17. The van der Waals surface area contributed by atoms with Gasteiger partial charge in [-0.3, -0.25) is 22.5 Å². The summed E-state index contributed by atoms with van der Waals surface area (Å²) in [4.78, 5) is 28.4. The third-order valence-electron chi connectivity index (χ3n) is 12.1. The van der Waals surface area contributed by atoms with Gasteiger partial charge in [0.2, 0.25) is 0 Å². The molecule has 2 aromatic heterocycles. The number of benzene rings is 5. The lowest BCUT2D eigenvalue weighted by Crippen LogP contribution is -2.31. The maximum absolute atomic E-state index is 16.8. The van der Waals surface area contributed by atoms with Crippen LogP contribution >= 0.6 is 0 Å². The molecule has 0 bridgehead atoms. The number of ether oxygens (including phenoxy) is 4. The van der Waals surface area contributed by atoms with Gasteiger partial charge < -0.3 is 18.9 Å². The third kappa shape index (κ3) is 9.42. The van der Waals surface area contributed by atoms with Crippen LogP contribution in [0.4, 0.5) is 17.6 Å². The highest BCUT2D eigenvalue weighted by atomic mass is 32.2. The summed E-state index contributed by atoms with van der Waals surface area (Å²) < 4.78 is 126. The molecule has 1 aliphatic carbocycles. The lowest BCUT2D eigenvalue weighted by atomic mass is 10.0. The quantitative estimate of drug-likeness (QED) is 0.0773. The molecule has 13 nitrogen and oxygen atoms in total. The van der Waals surface area contributed by atoms with Crippen molar-refractivity contribution in [2.45, 2.75) is 64.1 Å². The first-order chi connectivity index (χ1) is 32.4. The Balaban J connectivity index is 1.15. The van der Waals surface area contributed by atoms with Gasteiger partial charge in [0.05, 0.1) is 66.3 Å². The lowest BCUT2D eigenvalue weighted by Gasteiger charge is -2.21. The van der Waals surface area contributed by atoms with Crippen LogP contribution in [0, 0.1) is 5.82 Å². The van der Waals surface area contributed by atoms with E-state index in [9.17, 15) is 35.4 Å². The van der Waals surface area contributed by atoms with E-state index >= 15 is 4.39 Å². The molecule has 8 rings (SSSR count). The number of fused-ring (bicyclic) bond motifs is 2. The predicted molar refractivity (Wildman–Crippen MR) is 253 cm³/mol. The molecule has 1 fully saturated rings. The van der Waals surface area contributed by atoms with Crippen LogP contribution in [-0.2, 0) is 40.0 Å². The SMILES string of the molecule is CCOc1cc(C(CS(C)=O)n2c(=O)n(C3CC3)c3cc(-c4cccc(COc5cc(C(CS(C)(=O)=O)n6c(=O)n(CC)c7cc(C(F)(F)F)ccc76)ccc5OC)c4F)ccc32)ccc1OC. The summed E-state index contributed by atoms with van der Waals surface area (Å²) >= 11 is 0. The molecular formula is C49H50F4N4O9S2. The van der Waals surface area contributed by atoms with Crippen LogP contribution < -0.4 is 30.3 Å². The number of hydrogen-bond acceptors (Lipinski definition) is 9. The number of alkyl halides is 3. The van der Waals surface area contributed by atoms with Crippen molar-refractivity contribution in [1.29, 1.82) is 0 Å². The molecule has 0 N–H and O–H groups in total. The summed E-state index contributed by atoms with van der Waals surface area (Å²) in [7, 11) is -2.21. The van der Waals surface area contributed by atoms with Crippen LogP contribution in [0.15, 0.2) is 101 Å². The topological polar surface area (TPSA) is 142 Å². The largest absolute Gasteiger partial charge is 0.493 e. The smallest absolute Gasteiger partial charge is 0.416 e. The van der Waals surface area contributed by atoms with E-state index in [1.165, 1.54) is 37.0 Å². The molecule has 360 valence electrons. The van der Waals surface area contributed by atoms with E-state index in [1.54, 1.807) is 70.8 Å². The maximum Gasteiger partial charge on any atom is 0.416 e. The van der Waals surface area contributed by atoms with Crippen molar-refractivity contribution in [3.63, 3.8) is 0 Å². The Morgan fingerprint density at radius 1 is 0.750 bits per heavy atom. The highest BCUT2D eigenvalue weighted by Crippen LogP contribution is 2.41. The van der Waals surface area contributed by atoms with E-state index < -0.39 is 61.7 Å². The first-order valence-electron chi connectivity index (χ1n) is 21.8. The Kier molecular flexibility index (Phi) is 13.4. The lowest BCUT2D eigenvalue weighted by molar-refractivity contribution is -0.137. The Morgan fingerprint density at radius 3 is 1.96 bits per heavy atom. The second-order valence-corrected chi connectivity index (χ2v) is 20.4. The van der Waals surface area contributed by atoms with Crippen molar-refractivity contribution in [1.82, 2.24) is 18.3 Å². The third-order valence-corrected chi connectivity index (χ3v) is 13.8. The first kappa shape index (κ1) is 48.1. The maximum atomic E-state index is 16.8. The Morgan fingerprint density at radius 2 is 1.37 bits per heavy atom. The molecule has 3 atom stereocenters. The average molecular weight is 979 g/mol. The molecule has 0 aliphatic heterocycles. The minimum absolute atomic E-state index is 0.0120. The van der Waals surface area contributed by atoms with Gasteiger partial charge in [-0.2, -0.15) is 13.2 Å². The van der Waals surface area contributed by atoms with E-state index in [1.807, 2.05) is 13.0 Å². The van der Waals surface area contributed by atoms with Gasteiger partial charge in [-0.1, -0.05) is 36.4 Å². The van der Waals surface area contributed by atoms with E-state index in [0.29, 0.717) is 40.3 Å². The van der Waals surface area contributed by atoms with Crippen LogP contribution in [0.3, 0.4) is 0 Å². The van der Waals surface area contributed by atoms with Crippen molar-refractivity contribution in [3.05, 3.63) is 140 Å². The number of nitrogens with zero attached hydrogens (tertiary/aromatic N) is 4. The van der Waals surface area contributed by atoms with Gasteiger partial charge in [-0.25, -0.2) is 22.4 Å². The second kappa shape index (κ2) is 19.0.